The first-order chi connectivity index (χ1) is 9.11. The molecule has 0 saturated heterocycles. The summed E-state index contributed by atoms with van der Waals surface area (Å²) in [5.41, 5.74) is 3.81. The van der Waals surface area contributed by atoms with Crippen LogP contribution in [0.5, 0.6) is 0 Å². The maximum absolute atomic E-state index is 8.93. The second kappa shape index (κ2) is 5.77. The molecule has 2 aromatic rings. The van der Waals surface area contributed by atoms with Gasteiger partial charge in [0.05, 0.1) is 11.6 Å². The summed E-state index contributed by atoms with van der Waals surface area (Å²) in [6.45, 7) is 4.06. The van der Waals surface area contributed by atoms with Crippen molar-refractivity contribution >= 4 is 17.3 Å². The highest BCUT2D eigenvalue weighted by Gasteiger charge is 2.08. The molecule has 1 atom stereocenters. The predicted molar refractivity (Wildman–Crippen MR) is 79.4 cm³/mol. The molecule has 2 rings (SSSR count). The van der Waals surface area contributed by atoms with Crippen LogP contribution in [0.15, 0.2) is 42.5 Å². The standard InChI is InChI=1S/C16H15ClN2/c1-11-15(17)7-4-8-16(11)19-12(2)14-6-3-5-13(9-14)10-18/h3-9,12,19H,1-2H3. The average Bonchev–Trinajstić information content (AvgIpc) is 2.44. The predicted octanol–water partition coefficient (Wildman–Crippen LogP) is 4.69. The van der Waals surface area contributed by atoms with Crippen LogP contribution in [-0.4, -0.2) is 0 Å². The van der Waals surface area contributed by atoms with Crippen molar-refractivity contribution < 1.29 is 0 Å². The third-order valence-electron chi connectivity index (χ3n) is 3.16. The maximum Gasteiger partial charge on any atom is 0.0991 e. The highest BCUT2D eigenvalue weighted by Crippen LogP contribution is 2.27. The summed E-state index contributed by atoms with van der Waals surface area (Å²) in [6, 6.07) is 15.7. The molecule has 0 heterocycles. The molecule has 19 heavy (non-hydrogen) atoms. The summed E-state index contributed by atoms with van der Waals surface area (Å²) in [4.78, 5) is 0. The van der Waals surface area contributed by atoms with Gasteiger partial charge in [0.2, 0.25) is 0 Å². The number of nitriles is 1. The zero-order valence-corrected chi connectivity index (χ0v) is 11.7. The summed E-state index contributed by atoms with van der Waals surface area (Å²) in [5.74, 6) is 0. The molecule has 1 N–H and O–H groups in total. The molecule has 0 aliphatic heterocycles. The van der Waals surface area contributed by atoms with Crippen LogP contribution in [-0.2, 0) is 0 Å². The Balaban J connectivity index is 2.23. The van der Waals surface area contributed by atoms with E-state index in [1.54, 1.807) is 6.07 Å². The van der Waals surface area contributed by atoms with Crippen LogP contribution < -0.4 is 5.32 Å². The molecule has 3 heteroatoms. The van der Waals surface area contributed by atoms with Crippen LogP contribution in [0.2, 0.25) is 5.02 Å². The van der Waals surface area contributed by atoms with E-state index in [0.29, 0.717) is 5.56 Å². The Kier molecular flexibility index (Phi) is 4.09. The van der Waals surface area contributed by atoms with Crippen LogP contribution in [0.3, 0.4) is 0 Å². The van der Waals surface area contributed by atoms with Gasteiger partial charge in [-0.3, -0.25) is 0 Å². The molecule has 96 valence electrons. The van der Waals surface area contributed by atoms with E-state index in [1.807, 2.05) is 43.3 Å². The van der Waals surface area contributed by atoms with Crippen LogP contribution in [0, 0.1) is 18.3 Å². The van der Waals surface area contributed by atoms with Gasteiger partial charge >= 0.3 is 0 Å². The number of nitrogens with zero attached hydrogens (tertiary/aromatic N) is 1. The minimum absolute atomic E-state index is 0.116. The zero-order valence-electron chi connectivity index (χ0n) is 10.9. The smallest absolute Gasteiger partial charge is 0.0991 e. The quantitative estimate of drug-likeness (QED) is 0.878. The van der Waals surface area contributed by atoms with Crippen molar-refractivity contribution in [3.63, 3.8) is 0 Å². The van der Waals surface area contributed by atoms with Gasteiger partial charge in [-0.15, -0.1) is 0 Å². The zero-order chi connectivity index (χ0) is 13.8. The first-order valence-electron chi connectivity index (χ1n) is 6.13. The SMILES string of the molecule is Cc1c(Cl)cccc1NC(C)c1cccc(C#N)c1. The molecule has 0 bridgehead atoms. The Morgan fingerprint density at radius 2 is 1.95 bits per heavy atom. The number of nitrogens with one attached hydrogen (secondary N) is 1. The normalized spacial score (nSPS) is 11.7. The van der Waals surface area contributed by atoms with Crippen LogP contribution >= 0.6 is 11.6 Å². The van der Waals surface area contributed by atoms with Crippen LogP contribution in [0.4, 0.5) is 5.69 Å². The number of hydrogen-bond acceptors (Lipinski definition) is 2. The van der Waals surface area contributed by atoms with E-state index < -0.39 is 0 Å². The lowest BCUT2D eigenvalue weighted by molar-refractivity contribution is 0.882. The van der Waals surface area contributed by atoms with Crippen LogP contribution in [0.1, 0.15) is 29.7 Å². The van der Waals surface area contributed by atoms with Gasteiger partial charge in [0.1, 0.15) is 0 Å². The lowest BCUT2D eigenvalue weighted by Gasteiger charge is -2.18. The third-order valence-corrected chi connectivity index (χ3v) is 3.56. The largest absolute Gasteiger partial charge is 0.378 e. The fourth-order valence-corrected chi connectivity index (χ4v) is 2.13. The molecule has 0 aliphatic carbocycles. The number of rotatable bonds is 3. The van der Waals surface area contributed by atoms with Crippen molar-refractivity contribution in [2.45, 2.75) is 19.9 Å². The second-order valence-corrected chi connectivity index (χ2v) is 4.92. The molecule has 1 unspecified atom stereocenters. The van der Waals surface area contributed by atoms with E-state index in [0.717, 1.165) is 21.8 Å². The Morgan fingerprint density at radius 1 is 1.21 bits per heavy atom. The van der Waals surface area contributed by atoms with Gasteiger partial charge in [0, 0.05) is 16.8 Å². The minimum atomic E-state index is 0.116. The fourth-order valence-electron chi connectivity index (χ4n) is 1.96. The van der Waals surface area contributed by atoms with Gasteiger partial charge in [-0.1, -0.05) is 29.8 Å². The Hall–Kier alpha value is -1.98. The van der Waals surface area contributed by atoms with Crippen molar-refractivity contribution in [3.05, 3.63) is 64.2 Å². The molecular weight excluding hydrogens is 256 g/mol. The van der Waals surface area contributed by atoms with Crippen molar-refractivity contribution in [1.29, 1.82) is 5.26 Å². The molecule has 0 fully saturated rings. The summed E-state index contributed by atoms with van der Waals surface area (Å²) in [6.07, 6.45) is 0. The minimum Gasteiger partial charge on any atom is -0.378 e. The number of benzene rings is 2. The van der Waals surface area contributed by atoms with E-state index >= 15 is 0 Å². The maximum atomic E-state index is 8.93. The molecule has 0 aromatic heterocycles. The van der Waals surface area contributed by atoms with Gasteiger partial charge in [-0.25, -0.2) is 0 Å². The topological polar surface area (TPSA) is 35.8 Å². The molecule has 0 aliphatic rings. The van der Waals surface area contributed by atoms with E-state index in [-0.39, 0.29) is 6.04 Å². The van der Waals surface area contributed by atoms with Gasteiger partial charge in [0.25, 0.3) is 0 Å². The van der Waals surface area contributed by atoms with Crippen molar-refractivity contribution in [2.75, 3.05) is 5.32 Å². The summed E-state index contributed by atoms with van der Waals surface area (Å²) < 4.78 is 0. The molecule has 0 radical (unpaired) electrons. The highest BCUT2D eigenvalue weighted by atomic mass is 35.5. The number of hydrogen-bond donors (Lipinski definition) is 1. The van der Waals surface area contributed by atoms with Crippen molar-refractivity contribution in [1.82, 2.24) is 0 Å². The fraction of sp³-hybridized carbons (Fsp3) is 0.188. The summed E-state index contributed by atoms with van der Waals surface area (Å²) >= 11 is 6.11. The van der Waals surface area contributed by atoms with Crippen molar-refractivity contribution in [3.8, 4) is 6.07 Å². The number of anilines is 1. The molecule has 2 nitrogen and oxygen atoms in total. The molecule has 0 amide bonds. The van der Waals surface area contributed by atoms with E-state index in [4.69, 9.17) is 16.9 Å². The summed E-state index contributed by atoms with van der Waals surface area (Å²) in [5, 5.41) is 13.1. The Bertz CT molecular complexity index is 629. The molecule has 0 saturated carbocycles. The number of halogens is 1. The first-order valence-corrected chi connectivity index (χ1v) is 6.51. The van der Waals surface area contributed by atoms with Gasteiger partial charge < -0.3 is 5.32 Å². The second-order valence-electron chi connectivity index (χ2n) is 4.52. The molecule has 2 aromatic carbocycles. The van der Waals surface area contributed by atoms with Gasteiger partial charge in [-0.05, 0) is 49.2 Å². The molecular formula is C16H15ClN2. The monoisotopic (exact) mass is 270 g/mol. The van der Waals surface area contributed by atoms with E-state index in [1.165, 1.54) is 0 Å². The highest BCUT2D eigenvalue weighted by molar-refractivity contribution is 6.31. The van der Waals surface area contributed by atoms with Crippen LogP contribution in [0.25, 0.3) is 0 Å². The molecule has 0 spiro atoms. The van der Waals surface area contributed by atoms with E-state index in [2.05, 4.69) is 18.3 Å². The Morgan fingerprint density at radius 3 is 2.68 bits per heavy atom. The first kappa shape index (κ1) is 13.5. The lowest BCUT2D eigenvalue weighted by atomic mass is 10.0. The summed E-state index contributed by atoms with van der Waals surface area (Å²) in [7, 11) is 0. The third kappa shape index (κ3) is 3.07. The average molecular weight is 271 g/mol. The van der Waals surface area contributed by atoms with Gasteiger partial charge in [0.15, 0.2) is 0 Å². The van der Waals surface area contributed by atoms with E-state index in [9.17, 15) is 0 Å². The van der Waals surface area contributed by atoms with Crippen molar-refractivity contribution in [2.24, 2.45) is 0 Å². The van der Waals surface area contributed by atoms with Gasteiger partial charge in [-0.2, -0.15) is 5.26 Å². The Labute approximate surface area is 118 Å². The lowest BCUT2D eigenvalue weighted by Crippen LogP contribution is -2.07.